The van der Waals surface area contributed by atoms with E-state index in [1.54, 1.807) is 4.90 Å². The fraction of sp³-hybridized carbons (Fsp3) is 0.278. The highest BCUT2D eigenvalue weighted by molar-refractivity contribution is 5.89. The summed E-state index contributed by atoms with van der Waals surface area (Å²) in [6, 6.07) is 15.1. The monoisotopic (exact) mass is 312 g/mol. The van der Waals surface area contributed by atoms with E-state index in [0.29, 0.717) is 26.3 Å². The van der Waals surface area contributed by atoms with Crippen molar-refractivity contribution in [1.82, 2.24) is 4.90 Å². The fourth-order valence-electron chi connectivity index (χ4n) is 2.46. The zero-order chi connectivity index (χ0) is 16.1. The molecule has 0 saturated carbocycles. The lowest BCUT2D eigenvalue weighted by atomic mass is 10.2. The van der Waals surface area contributed by atoms with Gasteiger partial charge in [-0.25, -0.2) is 4.79 Å². The highest BCUT2D eigenvalue weighted by Gasteiger charge is 2.15. The predicted molar refractivity (Wildman–Crippen MR) is 89.0 cm³/mol. The van der Waals surface area contributed by atoms with Gasteiger partial charge in [0.05, 0.1) is 0 Å². The van der Waals surface area contributed by atoms with Crippen LogP contribution < -0.4 is 14.8 Å². The molecule has 0 bridgehead atoms. The maximum atomic E-state index is 12.4. The molecular formula is C18H20N2O3. The third kappa shape index (κ3) is 3.74. The van der Waals surface area contributed by atoms with E-state index in [9.17, 15) is 4.79 Å². The molecule has 23 heavy (non-hydrogen) atoms. The average molecular weight is 312 g/mol. The van der Waals surface area contributed by atoms with Crippen LogP contribution in [0.1, 0.15) is 12.5 Å². The number of carbonyl (C=O) groups excluding carboxylic acids is 1. The van der Waals surface area contributed by atoms with E-state index in [2.05, 4.69) is 5.32 Å². The topological polar surface area (TPSA) is 50.8 Å². The second-order valence-electron chi connectivity index (χ2n) is 5.29. The van der Waals surface area contributed by atoms with Crippen molar-refractivity contribution in [1.29, 1.82) is 0 Å². The van der Waals surface area contributed by atoms with Crippen molar-refractivity contribution in [2.45, 2.75) is 13.5 Å². The minimum absolute atomic E-state index is 0.117. The van der Waals surface area contributed by atoms with Gasteiger partial charge in [-0.2, -0.15) is 0 Å². The molecule has 5 nitrogen and oxygen atoms in total. The van der Waals surface area contributed by atoms with Crippen molar-refractivity contribution in [3.05, 3.63) is 54.1 Å². The van der Waals surface area contributed by atoms with Crippen LogP contribution in [0.25, 0.3) is 0 Å². The molecular weight excluding hydrogens is 292 g/mol. The lowest BCUT2D eigenvalue weighted by Crippen LogP contribution is -2.34. The summed E-state index contributed by atoms with van der Waals surface area (Å²) in [4.78, 5) is 14.1. The molecule has 0 aliphatic carbocycles. The van der Waals surface area contributed by atoms with E-state index in [-0.39, 0.29) is 6.03 Å². The number of carbonyl (C=O) groups is 1. The van der Waals surface area contributed by atoms with Gasteiger partial charge >= 0.3 is 6.03 Å². The van der Waals surface area contributed by atoms with Gasteiger partial charge in [0.1, 0.15) is 13.2 Å². The van der Waals surface area contributed by atoms with E-state index < -0.39 is 0 Å². The number of urea groups is 1. The number of ether oxygens (including phenoxy) is 2. The second kappa shape index (κ2) is 7.05. The molecule has 0 aromatic heterocycles. The molecule has 5 heteroatoms. The highest BCUT2D eigenvalue weighted by Crippen LogP contribution is 2.31. The van der Waals surface area contributed by atoms with Crippen LogP contribution in [0.2, 0.25) is 0 Å². The molecule has 2 amide bonds. The largest absolute Gasteiger partial charge is 0.486 e. The van der Waals surface area contributed by atoms with Gasteiger partial charge in [-0.05, 0) is 36.8 Å². The number of fused-ring (bicyclic) bond motifs is 1. The zero-order valence-corrected chi connectivity index (χ0v) is 13.1. The smallest absolute Gasteiger partial charge is 0.322 e. The van der Waals surface area contributed by atoms with Crippen LogP contribution in [0.5, 0.6) is 11.5 Å². The molecule has 0 atom stereocenters. The van der Waals surface area contributed by atoms with Crippen LogP contribution >= 0.6 is 0 Å². The van der Waals surface area contributed by atoms with Crippen molar-refractivity contribution in [3.63, 3.8) is 0 Å². The predicted octanol–water partition coefficient (Wildman–Crippen LogP) is 3.51. The number of rotatable bonds is 4. The minimum atomic E-state index is -0.117. The number of para-hydroxylation sites is 1. The molecule has 3 rings (SSSR count). The number of nitrogens with one attached hydrogen (secondary N) is 1. The maximum absolute atomic E-state index is 12.4. The second-order valence-corrected chi connectivity index (χ2v) is 5.29. The maximum Gasteiger partial charge on any atom is 0.322 e. The molecule has 1 heterocycles. The number of benzene rings is 2. The number of nitrogens with zero attached hydrogens (tertiary/aromatic N) is 1. The van der Waals surface area contributed by atoms with Crippen LogP contribution in [0, 0.1) is 0 Å². The van der Waals surface area contributed by atoms with Gasteiger partial charge in [-0.1, -0.05) is 24.3 Å². The van der Waals surface area contributed by atoms with Crippen molar-refractivity contribution in [2.75, 3.05) is 25.1 Å². The Morgan fingerprint density at radius 2 is 1.83 bits per heavy atom. The molecule has 2 aromatic rings. The van der Waals surface area contributed by atoms with Crippen molar-refractivity contribution >= 4 is 11.7 Å². The van der Waals surface area contributed by atoms with Gasteiger partial charge in [-0.3, -0.25) is 0 Å². The van der Waals surface area contributed by atoms with Gasteiger partial charge in [0.2, 0.25) is 0 Å². The molecule has 1 aliphatic rings. The van der Waals surface area contributed by atoms with Gasteiger partial charge < -0.3 is 19.7 Å². The van der Waals surface area contributed by atoms with Gasteiger partial charge in [0, 0.05) is 18.8 Å². The minimum Gasteiger partial charge on any atom is -0.486 e. The quantitative estimate of drug-likeness (QED) is 0.940. The summed E-state index contributed by atoms with van der Waals surface area (Å²) < 4.78 is 11.1. The molecule has 0 spiro atoms. The van der Waals surface area contributed by atoms with E-state index in [4.69, 9.17) is 9.47 Å². The number of hydrogen-bond acceptors (Lipinski definition) is 3. The molecule has 2 aromatic carbocycles. The lowest BCUT2D eigenvalue weighted by molar-refractivity contribution is 0.171. The van der Waals surface area contributed by atoms with Crippen molar-refractivity contribution in [2.24, 2.45) is 0 Å². The Kier molecular flexibility index (Phi) is 4.66. The SMILES string of the molecule is CCN(Cc1ccc2c(c1)OCCO2)C(=O)Nc1ccccc1. The molecule has 0 saturated heterocycles. The molecule has 1 aliphatic heterocycles. The summed E-state index contributed by atoms with van der Waals surface area (Å²) in [5.74, 6) is 1.50. The fourth-order valence-corrected chi connectivity index (χ4v) is 2.46. The van der Waals surface area contributed by atoms with Crippen LogP contribution in [-0.4, -0.2) is 30.7 Å². The lowest BCUT2D eigenvalue weighted by Gasteiger charge is -2.23. The first kappa shape index (κ1) is 15.2. The van der Waals surface area contributed by atoms with E-state index in [1.807, 2.05) is 55.5 Å². The standard InChI is InChI=1S/C18H20N2O3/c1-2-20(18(21)19-15-6-4-3-5-7-15)13-14-8-9-16-17(12-14)23-11-10-22-16/h3-9,12H,2,10-11,13H2,1H3,(H,19,21). The number of anilines is 1. The van der Waals surface area contributed by atoms with Crippen molar-refractivity contribution < 1.29 is 14.3 Å². The summed E-state index contributed by atoms with van der Waals surface area (Å²) >= 11 is 0. The summed E-state index contributed by atoms with van der Waals surface area (Å²) in [5.41, 5.74) is 1.80. The third-order valence-electron chi connectivity index (χ3n) is 3.67. The van der Waals surface area contributed by atoms with Crippen molar-refractivity contribution in [3.8, 4) is 11.5 Å². The van der Waals surface area contributed by atoms with Gasteiger partial charge in [0.15, 0.2) is 11.5 Å². The Labute approximate surface area is 135 Å². The number of hydrogen-bond donors (Lipinski definition) is 1. The van der Waals surface area contributed by atoms with E-state index >= 15 is 0 Å². The Morgan fingerprint density at radius 1 is 1.09 bits per heavy atom. The van der Waals surface area contributed by atoms with Crippen LogP contribution in [0.15, 0.2) is 48.5 Å². The zero-order valence-electron chi connectivity index (χ0n) is 13.1. The van der Waals surface area contributed by atoms with Crippen LogP contribution in [0.4, 0.5) is 10.5 Å². The Balaban J connectivity index is 1.68. The van der Waals surface area contributed by atoms with Gasteiger partial charge in [-0.15, -0.1) is 0 Å². The first-order valence-corrected chi connectivity index (χ1v) is 7.76. The van der Waals surface area contributed by atoms with E-state index in [0.717, 1.165) is 22.7 Å². The first-order valence-electron chi connectivity index (χ1n) is 7.76. The van der Waals surface area contributed by atoms with Crippen LogP contribution in [0.3, 0.4) is 0 Å². The first-order chi connectivity index (χ1) is 11.3. The summed E-state index contributed by atoms with van der Waals surface area (Å²) in [5, 5.41) is 2.91. The van der Waals surface area contributed by atoms with Gasteiger partial charge in [0.25, 0.3) is 0 Å². The van der Waals surface area contributed by atoms with E-state index in [1.165, 1.54) is 0 Å². The highest BCUT2D eigenvalue weighted by atomic mass is 16.6. The molecule has 0 unspecified atom stereocenters. The third-order valence-corrected chi connectivity index (χ3v) is 3.67. The molecule has 0 radical (unpaired) electrons. The molecule has 120 valence electrons. The normalized spacial score (nSPS) is 12.6. The summed E-state index contributed by atoms with van der Waals surface area (Å²) in [6.07, 6.45) is 0. The molecule has 1 N–H and O–H groups in total. The summed E-state index contributed by atoms with van der Waals surface area (Å²) in [7, 11) is 0. The van der Waals surface area contributed by atoms with Crippen LogP contribution in [-0.2, 0) is 6.54 Å². The number of amides is 2. The average Bonchev–Trinajstić information content (AvgIpc) is 2.60. The molecule has 0 fully saturated rings. The Morgan fingerprint density at radius 3 is 2.57 bits per heavy atom. The summed E-state index contributed by atoms with van der Waals surface area (Å²) in [6.45, 7) is 4.23. The Hall–Kier alpha value is -2.69. The Bertz CT molecular complexity index is 673.